The lowest BCUT2D eigenvalue weighted by Crippen LogP contribution is -2.66. The standard InChI is InChI=1S/C13H26N2O/c1-5-10-8-14-13(2,3)9-15(10)11-6-12(7-11)16-4/h10-12,14H,5-9H2,1-4H3. The van der Waals surface area contributed by atoms with Crippen LogP contribution in [0.15, 0.2) is 0 Å². The molecule has 0 aromatic carbocycles. The summed E-state index contributed by atoms with van der Waals surface area (Å²) in [7, 11) is 1.83. The number of hydrogen-bond acceptors (Lipinski definition) is 3. The van der Waals surface area contributed by atoms with Crippen molar-refractivity contribution in [2.24, 2.45) is 0 Å². The van der Waals surface area contributed by atoms with E-state index in [4.69, 9.17) is 4.74 Å². The first kappa shape index (κ1) is 12.3. The molecule has 3 heteroatoms. The summed E-state index contributed by atoms with van der Waals surface area (Å²) in [6.45, 7) is 9.21. The van der Waals surface area contributed by atoms with Crippen molar-refractivity contribution in [2.45, 2.75) is 63.8 Å². The van der Waals surface area contributed by atoms with Gasteiger partial charge in [-0.05, 0) is 33.1 Å². The second kappa shape index (κ2) is 4.63. The van der Waals surface area contributed by atoms with Gasteiger partial charge >= 0.3 is 0 Å². The number of rotatable bonds is 3. The van der Waals surface area contributed by atoms with Gasteiger partial charge in [-0.15, -0.1) is 0 Å². The highest BCUT2D eigenvalue weighted by atomic mass is 16.5. The second-order valence-corrected chi connectivity index (χ2v) is 5.98. The third-order valence-corrected chi connectivity index (χ3v) is 4.21. The van der Waals surface area contributed by atoms with E-state index < -0.39 is 0 Å². The maximum Gasteiger partial charge on any atom is 0.0601 e. The van der Waals surface area contributed by atoms with Crippen LogP contribution in [-0.2, 0) is 4.74 Å². The smallest absolute Gasteiger partial charge is 0.0601 e. The number of nitrogens with one attached hydrogen (secondary N) is 1. The van der Waals surface area contributed by atoms with E-state index in [0.29, 0.717) is 6.10 Å². The first-order valence-corrected chi connectivity index (χ1v) is 6.59. The summed E-state index contributed by atoms with van der Waals surface area (Å²) in [5, 5.41) is 3.64. The van der Waals surface area contributed by atoms with E-state index >= 15 is 0 Å². The molecule has 1 aliphatic heterocycles. The zero-order valence-electron chi connectivity index (χ0n) is 11.1. The minimum Gasteiger partial charge on any atom is -0.381 e. The zero-order chi connectivity index (χ0) is 11.8. The van der Waals surface area contributed by atoms with Gasteiger partial charge in [0.1, 0.15) is 0 Å². The average molecular weight is 226 g/mol. The molecule has 0 spiro atoms. The number of piperazine rings is 1. The summed E-state index contributed by atoms with van der Waals surface area (Å²) in [4.78, 5) is 2.71. The van der Waals surface area contributed by atoms with E-state index in [2.05, 4.69) is 31.0 Å². The molecule has 1 unspecified atom stereocenters. The molecular formula is C13H26N2O. The Morgan fingerprint density at radius 3 is 2.62 bits per heavy atom. The molecule has 1 heterocycles. The maximum absolute atomic E-state index is 5.39. The summed E-state index contributed by atoms with van der Waals surface area (Å²) < 4.78 is 5.39. The molecule has 1 atom stereocenters. The number of nitrogens with zero attached hydrogens (tertiary/aromatic N) is 1. The molecular weight excluding hydrogens is 200 g/mol. The lowest BCUT2D eigenvalue weighted by atomic mass is 9.84. The van der Waals surface area contributed by atoms with Crippen LogP contribution < -0.4 is 5.32 Å². The molecule has 1 N–H and O–H groups in total. The normalized spacial score (nSPS) is 39.4. The van der Waals surface area contributed by atoms with Gasteiger partial charge in [-0.2, -0.15) is 0 Å². The largest absolute Gasteiger partial charge is 0.381 e. The highest BCUT2D eigenvalue weighted by molar-refractivity contribution is 4.98. The predicted molar refractivity (Wildman–Crippen MR) is 66.7 cm³/mol. The van der Waals surface area contributed by atoms with Crippen LogP contribution >= 0.6 is 0 Å². The Kier molecular flexibility index (Phi) is 3.57. The first-order valence-electron chi connectivity index (χ1n) is 6.59. The fourth-order valence-electron chi connectivity index (χ4n) is 2.96. The third-order valence-electron chi connectivity index (χ3n) is 4.21. The van der Waals surface area contributed by atoms with E-state index in [0.717, 1.165) is 18.6 Å². The Hall–Kier alpha value is -0.120. The molecule has 2 fully saturated rings. The topological polar surface area (TPSA) is 24.5 Å². The van der Waals surface area contributed by atoms with Crippen molar-refractivity contribution in [3.05, 3.63) is 0 Å². The second-order valence-electron chi connectivity index (χ2n) is 5.98. The van der Waals surface area contributed by atoms with E-state index in [-0.39, 0.29) is 5.54 Å². The van der Waals surface area contributed by atoms with Gasteiger partial charge in [-0.3, -0.25) is 4.90 Å². The van der Waals surface area contributed by atoms with E-state index in [1.165, 1.54) is 25.8 Å². The lowest BCUT2D eigenvalue weighted by molar-refractivity contribution is -0.0599. The van der Waals surface area contributed by atoms with Crippen LogP contribution in [0, 0.1) is 0 Å². The van der Waals surface area contributed by atoms with Crippen molar-refractivity contribution in [1.82, 2.24) is 10.2 Å². The maximum atomic E-state index is 5.39. The van der Waals surface area contributed by atoms with Gasteiger partial charge in [0.05, 0.1) is 6.10 Å². The SMILES string of the molecule is CCC1CNC(C)(C)CN1C1CC(OC)C1. The van der Waals surface area contributed by atoms with E-state index in [1.54, 1.807) is 0 Å². The summed E-state index contributed by atoms with van der Waals surface area (Å²) in [5.41, 5.74) is 0.268. The molecule has 0 radical (unpaired) electrons. The van der Waals surface area contributed by atoms with Gasteiger partial charge in [-0.25, -0.2) is 0 Å². The van der Waals surface area contributed by atoms with Crippen LogP contribution in [0.5, 0.6) is 0 Å². The van der Waals surface area contributed by atoms with Crippen LogP contribution in [0.3, 0.4) is 0 Å². The van der Waals surface area contributed by atoms with Crippen molar-refractivity contribution < 1.29 is 4.74 Å². The Morgan fingerprint density at radius 1 is 1.38 bits per heavy atom. The number of methoxy groups -OCH3 is 1. The molecule has 16 heavy (non-hydrogen) atoms. The van der Waals surface area contributed by atoms with E-state index in [1.807, 2.05) is 7.11 Å². The fourth-order valence-corrected chi connectivity index (χ4v) is 2.96. The summed E-state index contributed by atoms with van der Waals surface area (Å²) in [5.74, 6) is 0. The number of ether oxygens (including phenoxy) is 1. The summed E-state index contributed by atoms with van der Waals surface area (Å²) in [6, 6.07) is 1.48. The van der Waals surface area contributed by atoms with Crippen molar-refractivity contribution >= 4 is 0 Å². The predicted octanol–water partition coefficient (Wildman–Crippen LogP) is 1.63. The molecule has 0 bridgehead atoms. The molecule has 1 saturated carbocycles. The van der Waals surface area contributed by atoms with Gasteiger partial charge in [0, 0.05) is 37.8 Å². The molecule has 0 amide bonds. The van der Waals surface area contributed by atoms with Crippen molar-refractivity contribution in [3.63, 3.8) is 0 Å². The van der Waals surface area contributed by atoms with Crippen LogP contribution in [0.4, 0.5) is 0 Å². The molecule has 0 aromatic heterocycles. The Balaban J connectivity index is 1.94. The summed E-state index contributed by atoms with van der Waals surface area (Å²) >= 11 is 0. The first-order chi connectivity index (χ1) is 7.55. The van der Waals surface area contributed by atoms with Crippen molar-refractivity contribution in [3.8, 4) is 0 Å². The molecule has 2 rings (SSSR count). The molecule has 1 aliphatic carbocycles. The average Bonchev–Trinajstić information content (AvgIpc) is 2.15. The minimum atomic E-state index is 0.268. The fraction of sp³-hybridized carbons (Fsp3) is 1.00. The molecule has 0 aromatic rings. The monoisotopic (exact) mass is 226 g/mol. The van der Waals surface area contributed by atoms with Gasteiger partial charge in [0.25, 0.3) is 0 Å². The zero-order valence-corrected chi connectivity index (χ0v) is 11.1. The van der Waals surface area contributed by atoms with Crippen LogP contribution in [0.1, 0.15) is 40.0 Å². The molecule has 2 aliphatic rings. The van der Waals surface area contributed by atoms with Crippen molar-refractivity contribution in [2.75, 3.05) is 20.2 Å². The Morgan fingerprint density at radius 2 is 2.06 bits per heavy atom. The number of hydrogen-bond donors (Lipinski definition) is 1. The molecule has 3 nitrogen and oxygen atoms in total. The van der Waals surface area contributed by atoms with E-state index in [9.17, 15) is 0 Å². The van der Waals surface area contributed by atoms with Gasteiger partial charge in [0.2, 0.25) is 0 Å². The minimum absolute atomic E-state index is 0.268. The van der Waals surface area contributed by atoms with Gasteiger partial charge in [0.15, 0.2) is 0 Å². The van der Waals surface area contributed by atoms with Crippen LogP contribution in [-0.4, -0.2) is 48.8 Å². The van der Waals surface area contributed by atoms with Crippen LogP contribution in [0.25, 0.3) is 0 Å². The lowest BCUT2D eigenvalue weighted by Gasteiger charge is -2.52. The van der Waals surface area contributed by atoms with Gasteiger partial charge < -0.3 is 10.1 Å². The van der Waals surface area contributed by atoms with Crippen molar-refractivity contribution in [1.29, 1.82) is 0 Å². The quantitative estimate of drug-likeness (QED) is 0.791. The third kappa shape index (κ3) is 2.41. The highest BCUT2D eigenvalue weighted by Crippen LogP contribution is 2.32. The molecule has 94 valence electrons. The highest BCUT2D eigenvalue weighted by Gasteiger charge is 2.41. The molecule has 1 saturated heterocycles. The van der Waals surface area contributed by atoms with Gasteiger partial charge in [-0.1, -0.05) is 6.92 Å². The summed E-state index contributed by atoms with van der Waals surface area (Å²) in [6.07, 6.45) is 4.21. The van der Waals surface area contributed by atoms with Crippen LogP contribution in [0.2, 0.25) is 0 Å². The Bertz CT molecular complexity index is 236. The Labute approximate surface area is 99.5 Å².